The van der Waals surface area contributed by atoms with Crippen molar-refractivity contribution in [2.75, 3.05) is 20.6 Å². The summed E-state index contributed by atoms with van der Waals surface area (Å²) in [6.07, 6.45) is 16.6. The number of nitrogens with zero attached hydrogens (tertiary/aromatic N) is 1. The molecule has 10 radical (unpaired) electrons. The molecule has 2 aliphatic carbocycles. The predicted octanol–water partition coefficient (Wildman–Crippen LogP) is 1.54. The molecule has 17 heavy (non-hydrogen) atoms. The van der Waals surface area contributed by atoms with Crippen LogP contribution in [0.15, 0.2) is 0 Å². The van der Waals surface area contributed by atoms with Crippen molar-refractivity contribution in [1.82, 2.24) is 4.90 Å². The maximum absolute atomic E-state index is 10.5. The van der Waals surface area contributed by atoms with Crippen molar-refractivity contribution >= 4 is 6.29 Å². The molecule has 2 nitrogen and oxygen atoms in total. The Morgan fingerprint density at radius 1 is 1.00 bits per heavy atom. The van der Waals surface area contributed by atoms with Gasteiger partial charge in [0.2, 0.25) is 0 Å². The van der Waals surface area contributed by atoms with E-state index in [1.165, 1.54) is 0 Å². The molecule has 0 bridgehead atoms. The number of hydrogen-bond acceptors (Lipinski definition) is 2. The van der Waals surface area contributed by atoms with E-state index in [4.69, 9.17) is 0 Å². The predicted molar refractivity (Wildman–Crippen MR) is 65.5 cm³/mol. The Morgan fingerprint density at radius 2 is 1.53 bits per heavy atom. The molecule has 2 fully saturated rings. The zero-order valence-electron chi connectivity index (χ0n) is 10.1. The average Bonchev–Trinajstić information content (AvgIpc) is 2.89. The van der Waals surface area contributed by atoms with Gasteiger partial charge in [0.15, 0.2) is 0 Å². The van der Waals surface area contributed by atoms with E-state index in [1.54, 1.807) is 0 Å². The second-order valence-corrected chi connectivity index (χ2v) is 3.82. The van der Waals surface area contributed by atoms with Gasteiger partial charge in [-0.25, -0.2) is 0 Å². The van der Waals surface area contributed by atoms with Gasteiger partial charge in [-0.3, -0.25) is 0 Å². The zero-order valence-corrected chi connectivity index (χ0v) is 11.2. The van der Waals surface area contributed by atoms with Crippen LogP contribution < -0.4 is 0 Å². The van der Waals surface area contributed by atoms with Crippen LogP contribution in [0.1, 0.15) is 0 Å². The summed E-state index contributed by atoms with van der Waals surface area (Å²) < 4.78 is 0. The van der Waals surface area contributed by atoms with Gasteiger partial charge in [0, 0.05) is 12.5 Å². The molecule has 2 rings (SSSR count). The molecule has 0 N–H and O–H groups in total. The van der Waals surface area contributed by atoms with Crippen molar-refractivity contribution in [3.05, 3.63) is 63.2 Å². The maximum atomic E-state index is 10.5. The molecule has 0 saturated heterocycles. The van der Waals surface area contributed by atoms with Gasteiger partial charge >= 0.3 is 17.1 Å². The Kier molecular flexibility index (Phi) is 10.2. The molecule has 3 heteroatoms. The largest absolute Gasteiger partial charge is 2.00 e. The second kappa shape index (κ2) is 10.1. The summed E-state index contributed by atoms with van der Waals surface area (Å²) in [7, 11) is 3.98. The van der Waals surface area contributed by atoms with Gasteiger partial charge in [0.25, 0.3) is 0 Å². The average molecular weight is 271 g/mol. The number of carbonyl (C=O) groups excluding carboxylic acids is 1. The Hall–Kier alpha value is 0.149. The molecular formula is C14H17FeNO+2. The molecular weight excluding hydrogens is 254 g/mol. The standard InChI is InChI=1S/C9H12NO.C5H5.Fe/c1-10(2)6-8-4-3-5-9(8)7-11;1-2-4-5-3-1;/h3-5,7H,6H2,1-2H3;1-5H;/q;;+2. The van der Waals surface area contributed by atoms with Gasteiger partial charge < -0.3 is 9.69 Å². The first-order valence-electron chi connectivity index (χ1n) is 5.25. The van der Waals surface area contributed by atoms with Gasteiger partial charge in [-0.2, -0.15) is 0 Å². The van der Waals surface area contributed by atoms with Gasteiger partial charge in [0.1, 0.15) is 6.29 Å². The third kappa shape index (κ3) is 7.23. The molecule has 0 aromatic rings. The second-order valence-electron chi connectivity index (χ2n) is 3.82. The van der Waals surface area contributed by atoms with E-state index in [1.807, 2.05) is 70.4 Å². The summed E-state index contributed by atoms with van der Waals surface area (Å²) in [5.41, 5.74) is 0. The third-order valence-electron chi connectivity index (χ3n) is 2.11. The van der Waals surface area contributed by atoms with Crippen molar-refractivity contribution < 1.29 is 21.9 Å². The monoisotopic (exact) mass is 271 g/mol. The Labute approximate surface area is 117 Å². The summed E-state index contributed by atoms with van der Waals surface area (Å²) in [6, 6.07) is 0. The first kappa shape index (κ1) is 17.1. The van der Waals surface area contributed by atoms with Crippen molar-refractivity contribution in [1.29, 1.82) is 0 Å². The van der Waals surface area contributed by atoms with Crippen molar-refractivity contribution in [2.45, 2.75) is 0 Å². The van der Waals surface area contributed by atoms with Crippen molar-refractivity contribution in [2.24, 2.45) is 0 Å². The molecule has 0 atom stereocenters. The smallest absolute Gasteiger partial charge is 0.309 e. The number of rotatable bonds is 3. The number of hydrogen-bond donors (Lipinski definition) is 0. The van der Waals surface area contributed by atoms with E-state index >= 15 is 0 Å². The molecule has 0 aliphatic heterocycles. The topological polar surface area (TPSA) is 20.3 Å². The number of aldehydes is 1. The van der Waals surface area contributed by atoms with Crippen LogP contribution in [-0.2, 0) is 21.9 Å². The summed E-state index contributed by atoms with van der Waals surface area (Å²) in [5.74, 6) is 1.91. The fraction of sp³-hybridized carbons (Fsp3) is 0.214. The molecule has 0 aromatic heterocycles. The summed E-state index contributed by atoms with van der Waals surface area (Å²) >= 11 is 0. The van der Waals surface area contributed by atoms with Crippen LogP contribution in [0.2, 0.25) is 0 Å². The van der Waals surface area contributed by atoms with E-state index in [0.29, 0.717) is 0 Å². The molecule has 0 amide bonds. The van der Waals surface area contributed by atoms with E-state index in [9.17, 15) is 4.79 Å². The van der Waals surface area contributed by atoms with E-state index in [2.05, 4.69) is 0 Å². The molecule has 2 aliphatic rings. The third-order valence-corrected chi connectivity index (χ3v) is 2.11. The molecule has 0 heterocycles. The van der Waals surface area contributed by atoms with Crippen LogP contribution in [-0.4, -0.2) is 31.8 Å². The van der Waals surface area contributed by atoms with Crippen LogP contribution in [0.5, 0.6) is 0 Å². The van der Waals surface area contributed by atoms with Gasteiger partial charge in [0.05, 0.1) is 5.92 Å². The van der Waals surface area contributed by atoms with Crippen molar-refractivity contribution in [3.8, 4) is 0 Å². The summed E-state index contributed by atoms with van der Waals surface area (Å²) in [5, 5.41) is 0. The van der Waals surface area contributed by atoms with Crippen LogP contribution in [0.3, 0.4) is 0 Å². The molecule has 0 aromatic carbocycles. The summed E-state index contributed by atoms with van der Waals surface area (Å²) in [4.78, 5) is 12.5. The first-order chi connectivity index (χ1) is 7.74. The molecule has 90 valence electrons. The van der Waals surface area contributed by atoms with Crippen LogP contribution in [0.4, 0.5) is 0 Å². The molecule has 0 unspecified atom stereocenters. The van der Waals surface area contributed by atoms with E-state index < -0.39 is 0 Å². The quantitative estimate of drug-likeness (QED) is 0.573. The van der Waals surface area contributed by atoms with E-state index in [0.717, 1.165) is 24.7 Å². The molecule has 2 saturated carbocycles. The zero-order chi connectivity index (χ0) is 11.8. The normalized spacial score (nSPS) is 20.9. The maximum Gasteiger partial charge on any atom is 2.00 e. The van der Waals surface area contributed by atoms with Crippen LogP contribution >= 0.6 is 0 Å². The fourth-order valence-electron chi connectivity index (χ4n) is 1.39. The van der Waals surface area contributed by atoms with Crippen LogP contribution in [0, 0.1) is 63.2 Å². The van der Waals surface area contributed by atoms with E-state index in [-0.39, 0.29) is 17.1 Å². The Bertz CT molecular complexity index is 185. The SMILES string of the molecule is CN(C)C[C]1[CH][CH][CH][C]1C=O.[CH]1[CH][CH][CH][CH]1.[Fe+2]. The van der Waals surface area contributed by atoms with Gasteiger partial charge in [-0.1, -0.05) is 0 Å². The minimum absolute atomic E-state index is 0. The van der Waals surface area contributed by atoms with Crippen molar-refractivity contribution in [3.63, 3.8) is 0 Å². The number of carbonyl (C=O) groups is 1. The Morgan fingerprint density at radius 3 is 1.94 bits per heavy atom. The minimum atomic E-state index is 0. The Balaban J connectivity index is 0.000000360. The minimum Gasteiger partial charge on any atom is -0.309 e. The fourth-order valence-corrected chi connectivity index (χ4v) is 1.39. The summed E-state index contributed by atoms with van der Waals surface area (Å²) in [6.45, 7) is 0.834. The van der Waals surface area contributed by atoms with Crippen LogP contribution in [0.25, 0.3) is 0 Å². The first-order valence-corrected chi connectivity index (χ1v) is 5.25. The molecule has 0 spiro atoms. The van der Waals surface area contributed by atoms with Gasteiger partial charge in [-0.15, -0.1) is 0 Å². The van der Waals surface area contributed by atoms with Gasteiger partial charge in [-0.05, 0) is 65.5 Å².